The second kappa shape index (κ2) is 9.70. The van der Waals surface area contributed by atoms with Crippen LogP contribution in [0.3, 0.4) is 0 Å². The van der Waals surface area contributed by atoms with Crippen molar-refractivity contribution < 1.29 is 37.0 Å². The third kappa shape index (κ3) is 7.78. The standard InChI is InChI=1S/C23H37F3N2O5/c1-14(32-19(30)21(2,3)4)18-16-10-15(12-28(18)17(29)11-23(24,25)26)8-9-27(13-16)20(31)33-22(5,6)7/h14-16,18H,8-13H2,1-7H3/t14-,15?,16-,18?/m0/s1. The summed E-state index contributed by atoms with van der Waals surface area (Å²) in [6.07, 6.45) is -6.37. The van der Waals surface area contributed by atoms with Crippen molar-refractivity contribution in [3.63, 3.8) is 0 Å². The predicted molar refractivity (Wildman–Crippen MR) is 115 cm³/mol. The molecule has 2 aliphatic heterocycles. The topological polar surface area (TPSA) is 76.2 Å². The number of amides is 2. The number of carbonyl (C=O) groups is 3. The van der Waals surface area contributed by atoms with Gasteiger partial charge in [0.25, 0.3) is 0 Å². The van der Waals surface area contributed by atoms with Crippen LogP contribution in [0.5, 0.6) is 0 Å². The number of halogens is 3. The maximum atomic E-state index is 13.0. The molecule has 0 spiro atoms. The fourth-order valence-corrected chi connectivity index (χ4v) is 4.49. The van der Waals surface area contributed by atoms with Gasteiger partial charge in [0.2, 0.25) is 5.91 Å². The number of rotatable bonds is 3. The molecular weight excluding hydrogens is 441 g/mol. The van der Waals surface area contributed by atoms with Crippen molar-refractivity contribution in [3.05, 3.63) is 0 Å². The number of hydrogen-bond acceptors (Lipinski definition) is 5. The normalized spacial score (nSPS) is 25.2. The monoisotopic (exact) mass is 478 g/mol. The van der Waals surface area contributed by atoms with Crippen molar-refractivity contribution in [1.82, 2.24) is 9.80 Å². The molecule has 4 atom stereocenters. The Morgan fingerprint density at radius 2 is 1.64 bits per heavy atom. The van der Waals surface area contributed by atoms with Crippen LogP contribution in [0.25, 0.3) is 0 Å². The molecule has 0 saturated carbocycles. The highest BCUT2D eigenvalue weighted by Gasteiger charge is 2.47. The SMILES string of the molecule is C[C@H](OC(=O)C(C)(C)C)C1[C@H]2CC(CCN(C(=O)OC(C)(C)C)C2)CN1C(=O)CC(F)(F)F. The zero-order valence-corrected chi connectivity index (χ0v) is 20.6. The second-order valence-electron chi connectivity index (χ2n) is 11.3. The van der Waals surface area contributed by atoms with Gasteiger partial charge in [-0.05, 0) is 67.2 Å². The summed E-state index contributed by atoms with van der Waals surface area (Å²) in [5.74, 6) is -1.94. The Bertz CT molecular complexity index is 742. The Morgan fingerprint density at radius 1 is 1.03 bits per heavy atom. The van der Waals surface area contributed by atoms with Gasteiger partial charge in [0.1, 0.15) is 18.1 Å². The van der Waals surface area contributed by atoms with Gasteiger partial charge in [-0.2, -0.15) is 13.2 Å². The Labute approximate surface area is 193 Å². The molecule has 10 heteroatoms. The highest BCUT2D eigenvalue weighted by atomic mass is 19.4. The third-order valence-corrected chi connectivity index (χ3v) is 5.91. The molecule has 2 fully saturated rings. The maximum absolute atomic E-state index is 13.0. The van der Waals surface area contributed by atoms with Gasteiger partial charge in [-0.3, -0.25) is 9.59 Å². The van der Waals surface area contributed by atoms with Crippen molar-refractivity contribution in [2.45, 2.75) is 91.7 Å². The predicted octanol–water partition coefficient (Wildman–Crippen LogP) is 4.39. The molecule has 2 aliphatic rings. The minimum absolute atomic E-state index is 0.0543. The summed E-state index contributed by atoms with van der Waals surface area (Å²) in [6, 6.07) is -0.773. The lowest BCUT2D eigenvalue weighted by atomic mass is 9.80. The zero-order chi connectivity index (χ0) is 25.4. The zero-order valence-electron chi connectivity index (χ0n) is 20.6. The molecule has 2 heterocycles. The largest absolute Gasteiger partial charge is 0.460 e. The summed E-state index contributed by atoms with van der Waals surface area (Å²) in [6.45, 7) is 12.7. The van der Waals surface area contributed by atoms with E-state index < -0.39 is 53.7 Å². The summed E-state index contributed by atoms with van der Waals surface area (Å²) < 4.78 is 50.3. The number of piperidine rings is 1. The van der Waals surface area contributed by atoms with Gasteiger partial charge < -0.3 is 19.3 Å². The first-order chi connectivity index (χ1) is 14.9. The molecule has 0 radical (unpaired) electrons. The molecule has 33 heavy (non-hydrogen) atoms. The van der Waals surface area contributed by atoms with Gasteiger partial charge in [0.05, 0.1) is 11.5 Å². The van der Waals surface area contributed by atoms with E-state index in [2.05, 4.69) is 0 Å². The Morgan fingerprint density at radius 3 is 2.15 bits per heavy atom. The Kier molecular flexibility index (Phi) is 8.01. The first-order valence-electron chi connectivity index (χ1n) is 11.4. The van der Waals surface area contributed by atoms with E-state index in [0.29, 0.717) is 19.4 Å². The molecule has 0 aliphatic carbocycles. The van der Waals surface area contributed by atoms with Crippen LogP contribution in [0.15, 0.2) is 0 Å². The molecule has 2 saturated heterocycles. The second-order valence-corrected chi connectivity index (χ2v) is 11.3. The minimum atomic E-state index is -4.64. The average molecular weight is 479 g/mol. The first kappa shape index (κ1) is 27.2. The molecular formula is C23H37F3N2O5. The van der Waals surface area contributed by atoms with Crippen LogP contribution in [0, 0.1) is 17.3 Å². The maximum Gasteiger partial charge on any atom is 0.410 e. The molecule has 0 aromatic carbocycles. The van der Waals surface area contributed by atoms with Crippen LogP contribution < -0.4 is 0 Å². The lowest BCUT2D eigenvalue weighted by molar-refractivity contribution is -0.176. The summed E-state index contributed by atoms with van der Waals surface area (Å²) in [5.41, 5.74) is -1.50. The van der Waals surface area contributed by atoms with Gasteiger partial charge in [-0.25, -0.2) is 4.79 Å². The van der Waals surface area contributed by atoms with Gasteiger partial charge in [-0.1, -0.05) is 0 Å². The number of esters is 1. The molecule has 190 valence electrons. The van der Waals surface area contributed by atoms with E-state index in [0.717, 1.165) is 0 Å². The fraction of sp³-hybridized carbons (Fsp3) is 0.870. The number of nitrogens with zero attached hydrogens (tertiary/aromatic N) is 2. The highest BCUT2D eigenvalue weighted by molar-refractivity contribution is 5.78. The van der Waals surface area contributed by atoms with Crippen LogP contribution in [0.1, 0.15) is 67.7 Å². The van der Waals surface area contributed by atoms with Crippen molar-refractivity contribution in [2.75, 3.05) is 19.6 Å². The van der Waals surface area contributed by atoms with Crippen molar-refractivity contribution in [3.8, 4) is 0 Å². The van der Waals surface area contributed by atoms with Crippen molar-refractivity contribution >= 4 is 18.0 Å². The van der Waals surface area contributed by atoms with E-state index in [1.54, 1.807) is 53.4 Å². The fourth-order valence-electron chi connectivity index (χ4n) is 4.49. The van der Waals surface area contributed by atoms with E-state index in [1.165, 1.54) is 4.90 Å². The van der Waals surface area contributed by atoms with Crippen LogP contribution in [-0.2, 0) is 19.1 Å². The summed E-state index contributed by atoms with van der Waals surface area (Å²) in [5, 5.41) is 0. The number of likely N-dealkylation sites (tertiary alicyclic amines) is 2. The molecule has 7 nitrogen and oxygen atoms in total. The van der Waals surface area contributed by atoms with Gasteiger partial charge in [0, 0.05) is 25.6 Å². The van der Waals surface area contributed by atoms with Crippen LogP contribution in [0.2, 0.25) is 0 Å². The summed E-state index contributed by atoms with van der Waals surface area (Å²) in [7, 11) is 0. The van der Waals surface area contributed by atoms with Crippen LogP contribution >= 0.6 is 0 Å². The smallest absolute Gasteiger partial charge is 0.410 e. The third-order valence-electron chi connectivity index (χ3n) is 5.91. The van der Waals surface area contributed by atoms with Crippen molar-refractivity contribution in [1.29, 1.82) is 0 Å². The van der Waals surface area contributed by atoms with E-state index in [1.807, 2.05) is 0 Å². The lowest BCUT2D eigenvalue weighted by Gasteiger charge is -2.46. The molecule has 0 aromatic rings. The lowest BCUT2D eigenvalue weighted by Crippen LogP contribution is -2.58. The first-order valence-corrected chi connectivity index (χ1v) is 11.4. The Hall–Kier alpha value is -2.00. The van der Waals surface area contributed by atoms with Gasteiger partial charge in [0.15, 0.2) is 0 Å². The molecule has 2 amide bonds. The van der Waals surface area contributed by atoms with E-state index in [9.17, 15) is 27.6 Å². The van der Waals surface area contributed by atoms with E-state index in [4.69, 9.17) is 9.47 Å². The number of ether oxygens (including phenoxy) is 2. The molecule has 2 rings (SSSR count). The van der Waals surface area contributed by atoms with Gasteiger partial charge in [-0.15, -0.1) is 0 Å². The summed E-state index contributed by atoms with van der Waals surface area (Å²) in [4.78, 5) is 40.7. The van der Waals surface area contributed by atoms with Crippen LogP contribution in [-0.4, -0.2) is 71.3 Å². The molecule has 2 bridgehead atoms. The molecule has 2 unspecified atom stereocenters. The number of hydrogen-bond donors (Lipinski definition) is 0. The summed E-state index contributed by atoms with van der Waals surface area (Å²) >= 11 is 0. The number of fused-ring (bicyclic) bond motifs is 2. The quantitative estimate of drug-likeness (QED) is 0.563. The Balaban J connectivity index is 2.33. The average Bonchev–Trinajstić information content (AvgIpc) is 2.76. The van der Waals surface area contributed by atoms with Crippen LogP contribution in [0.4, 0.5) is 18.0 Å². The molecule has 0 N–H and O–H groups in total. The molecule has 0 aromatic heterocycles. The highest BCUT2D eigenvalue weighted by Crippen LogP contribution is 2.37. The van der Waals surface area contributed by atoms with Crippen molar-refractivity contribution in [2.24, 2.45) is 17.3 Å². The van der Waals surface area contributed by atoms with E-state index >= 15 is 0 Å². The van der Waals surface area contributed by atoms with E-state index in [-0.39, 0.29) is 24.9 Å². The minimum Gasteiger partial charge on any atom is -0.460 e. The number of carbonyl (C=O) groups excluding carboxylic acids is 3. The van der Waals surface area contributed by atoms with Gasteiger partial charge >= 0.3 is 18.2 Å². The number of alkyl halides is 3.